The van der Waals surface area contributed by atoms with E-state index in [-0.39, 0.29) is 5.54 Å². The van der Waals surface area contributed by atoms with Crippen molar-refractivity contribution in [1.82, 2.24) is 5.32 Å². The highest BCUT2D eigenvalue weighted by molar-refractivity contribution is 4.97. The van der Waals surface area contributed by atoms with E-state index < -0.39 is 0 Å². The normalized spacial score (nSPS) is 40.6. The Bertz CT molecular complexity index is 175. The van der Waals surface area contributed by atoms with Crippen molar-refractivity contribution in [2.75, 3.05) is 6.61 Å². The van der Waals surface area contributed by atoms with Crippen molar-refractivity contribution in [1.29, 1.82) is 0 Å². The average molecular weight is 183 g/mol. The quantitative estimate of drug-likeness (QED) is 0.697. The molecule has 2 saturated carbocycles. The third-order valence-corrected chi connectivity index (χ3v) is 3.48. The van der Waals surface area contributed by atoms with Gasteiger partial charge < -0.3 is 10.4 Å². The van der Waals surface area contributed by atoms with E-state index in [1.54, 1.807) is 0 Å². The molecule has 2 unspecified atom stereocenters. The summed E-state index contributed by atoms with van der Waals surface area (Å²) in [6.07, 6.45) is 7.59. The second kappa shape index (κ2) is 3.58. The average Bonchev–Trinajstić information content (AvgIpc) is 2.88. The van der Waals surface area contributed by atoms with Crippen molar-refractivity contribution in [3.63, 3.8) is 0 Å². The molecule has 0 aliphatic heterocycles. The number of aliphatic hydroxyl groups excluding tert-OH is 1. The number of aliphatic hydroxyl groups is 1. The van der Waals surface area contributed by atoms with Gasteiger partial charge in [-0.3, -0.25) is 0 Å². The first-order valence-electron chi connectivity index (χ1n) is 5.63. The molecule has 0 heterocycles. The van der Waals surface area contributed by atoms with Crippen molar-refractivity contribution in [3.05, 3.63) is 0 Å². The van der Waals surface area contributed by atoms with Gasteiger partial charge in [-0.25, -0.2) is 0 Å². The van der Waals surface area contributed by atoms with E-state index in [9.17, 15) is 5.11 Å². The first-order chi connectivity index (χ1) is 6.24. The van der Waals surface area contributed by atoms with Gasteiger partial charge in [-0.15, -0.1) is 0 Å². The third kappa shape index (κ3) is 2.23. The second-order valence-corrected chi connectivity index (χ2v) is 5.06. The zero-order valence-electron chi connectivity index (χ0n) is 8.55. The van der Waals surface area contributed by atoms with Crippen LogP contribution in [0.2, 0.25) is 0 Å². The molecule has 2 nitrogen and oxygen atoms in total. The lowest BCUT2D eigenvalue weighted by atomic mass is 9.77. The summed E-state index contributed by atoms with van der Waals surface area (Å²) in [5.41, 5.74) is 0.0822. The van der Waals surface area contributed by atoms with Gasteiger partial charge in [0.2, 0.25) is 0 Å². The monoisotopic (exact) mass is 183 g/mol. The molecular formula is C11H21NO. The van der Waals surface area contributed by atoms with Crippen molar-refractivity contribution in [2.45, 2.75) is 57.0 Å². The predicted octanol–water partition coefficient (Wildman–Crippen LogP) is 1.68. The molecule has 76 valence electrons. The van der Waals surface area contributed by atoms with Crippen LogP contribution in [0.3, 0.4) is 0 Å². The summed E-state index contributed by atoms with van der Waals surface area (Å²) >= 11 is 0. The van der Waals surface area contributed by atoms with Crippen LogP contribution in [-0.4, -0.2) is 23.3 Å². The van der Waals surface area contributed by atoms with Gasteiger partial charge in [0.05, 0.1) is 6.61 Å². The molecule has 2 fully saturated rings. The zero-order chi connectivity index (χ0) is 9.31. The molecule has 2 N–H and O–H groups in total. The van der Waals surface area contributed by atoms with Crippen LogP contribution < -0.4 is 5.32 Å². The molecule has 13 heavy (non-hydrogen) atoms. The lowest BCUT2D eigenvalue weighted by Crippen LogP contribution is -2.52. The fourth-order valence-electron chi connectivity index (χ4n) is 2.64. The lowest BCUT2D eigenvalue weighted by Gasteiger charge is -2.39. The van der Waals surface area contributed by atoms with Gasteiger partial charge in [0.1, 0.15) is 0 Å². The van der Waals surface area contributed by atoms with Crippen LogP contribution in [0.4, 0.5) is 0 Å². The molecule has 0 aromatic heterocycles. The van der Waals surface area contributed by atoms with E-state index in [0.717, 1.165) is 12.0 Å². The maximum absolute atomic E-state index is 9.47. The van der Waals surface area contributed by atoms with Crippen LogP contribution in [0.15, 0.2) is 0 Å². The van der Waals surface area contributed by atoms with Crippen molar-refractivity contribution in [2.24, 2.45) is 5.92 Å². The Labute approximate surface area is 80.7 Å². The van der Waals surface area contributed by atoms with Gasteiger partial charge in [-0.1, -0.05) is 19.8 Å². The topological polar surface area (TPSA) is 32.3 Å². The zero-order valence-corrected chi connectivity index (χ0v) is 8.55. The molecule has 0 spiro atoms. The van der Waals surface area contributed by atoms with Crippen molar-refractivity contribution >= 4 is 0 Å². The van der Waals surface area contributed by atoms with Crippen LogP contribution in [0.25, 0.3) is 0 Å². The SMILES string of the molecule is CC1CCCC(CO)(NC2CC2)C1. The molecule has 2 aliphatic rings. The smallest absolute Gasteiger partial charge is 0.0613 e. The third-order valence-electron chi connectivity index (χ3n) is 3.48. The van der Waals surface area contributed by atoms with Gasteiger partial charge >= 0.3 is 0 Å². The molecule has 2 aliphatic carbocycles. The highest BCUT2D eigenvalue weighted by Crippen LogP contribution is 2.34. The molecule has 0 aromatic carbocycles. The van der Waals surface area contributed by atoms with E-state index >= 15 is 0 Å². The predicted molar refractivity (Wildman–Crippen MR) is 53.6 cm³/mol. The van der Waals surface area contributed by atoms with E-state index in [2.05, 4.69) is 12.2 Å². The molecule has 2 heteroatoms. The van der Waals surface area contributed by atoms with Crippen LogP contribution in [0.5, 0.6) is 0 Å². The Morgan fingerprint density at radius 1 is 1.38 bits per heavy atom. The molecule has 0 saturated heterocycles. The summed E-state index contributed by atoms with van der Waals surface area (Å²) in [4.78, 5) is 0. The maximum atomic E-state index is 9.47. The number of hydrogen-bond acceptors (Lipinski definition) is 2. The molecule has 0 amide bonds. The lowest BCUT2D eigenvalue weighted by molar-refractivity contribution is 0.0981. The van der Waals surface area contributed by atoms with E-state index in [1.807, 2.05) is 0 Å². The Kier molecular flexibility index (Phi) is 2.61. The van der Waals surface area contributed by atoms with Crippen LogP contribution in [0.1, 0.15) is 45.4 Å². The Morgan fingerprint density at radius 2 is 2.15 bits per heavy atom. The van der Waals surface area contributed by atoms with Crippen LogP contribution >= 0.6 is 0 Å². The minimum absolute atomic E-state index is 0.0822. The maximum Gasteiger partial charge on any atom is 0.0613 e. The van der Waals surface area contributed by atoms with E-state index in [4.69, 9.17) is 0 Å². The van der Waals surface area contributed by atoms with E-state index in [0.29, 0.717) is 6.61 Å². The minimum atomic E-state index is 0.0822. The summed E-state index contributed by atoms with van der Waals surface area (Å²) < 4.78 is 0. The fourth-order valence-corrected chi connectivity index (χ4v) is 2.64. The highest BCUT2D eigenvalue weighted by Gasteiger charge is 2.38. The number of rotatable bonds is 3. The van der Waals surface area contributed by atoms with Crippen molar-refractivity contribution in [3.8, 4) is 0 Å². The fraction of sp³-hybridized carbons (Fsp3) is 1.00. The summed E-state index contributed by atoms with van der Waals surface area (Å²) in [6.45, 7) is 2.63. The molecule has 0 radical (unpaired) electrons. The Hall–Kier alpha value is -0.0800. The Morgan fingerprint density at radius 3 is 2.69 bits per heavy atom. The first-order valence-corrected chi connectivity index (χ1v) is 5.63. The molecular weight excluding hydrogens is 162 g/mol. The highest BCUT2D eigenvalue weighted by atomic mass is 16.3. The van der Waals surface area contributed by atoms with Gasteiger partial charge in [-0.2, -0.15) is 0 Å². The van der Waals surface area contributed by atoms with Gasteiger partial charge in [0.25, 0.3) is 0 Å². The van der Waals surface area contributed by atoms with Gasteiger partial charge in [-0.05, 0) is 31.6 Å². The van der Waals surface area contributed by atoms with Gasteiger partial charge in [0.15, 0.2) is 0 Å². The summed E-state index contributed by atoms with van der Waals surface area (Å²) in [5.74, 6) is 0.784. The summed E-state index contributed by atoms with van der Waals surface area (Å²) in [6, 6.07) is 0.720. The standard InChI is InChI=1S/C11H21NO/c1-9-3-2-6-11(7-9,8-13)12-10-4-5-10/h9-10,12-13H,2-8H2,1H3. The van der Waals surface area contributed by atoms with Crippen LogP contribution in [0, 0.1) is 5.92 Å². The molecule has 2 rings (SSSR count). The molecule has 0 bridgehead atoms. The Balaban J connectivity index is 1.94. The van der Waals surface area contributed by atoms with E-state index in [1.165, 1.54) is 38.5 Å². The number of nitrogens with one attached hydrogen (secondary N) is 1. The van der Waals surface area contributed by atoms with Gasteiger partial charge in [0, 0.05) is 11.6 Å². The largest absolute Gasteiger partial charge is 0.394 e. The summed E-state index contributed by atoms with van der Waals surface area (Å²) in [7, 11) is 0. The van der Waals surface area contributed by atoms with Crippen molar-refractivity contribution < 1.29 is 5.11 Å². The first kappa shape index (κ1) is 9.47. The number of hydrogen-bond donors (Lipinski definition) is 2. The molecule has 2 atom stereocenters. The molecule has 0 aromatic rings. The minimum Gasteiger partial charge on any atom is -0.394 e. The van der Waals surface area contributed by atoms with Crippen LogP contribution in [-0.2, 0) is 0 Å². The summed E-state index contributed by atoms with van der Waals surface area (Å²) in [5, 5.41) is 13.1. The second-order valence-electron chi connectivity index (χ2n) is 5.06.